The normalized spacial score (nSPS) is 14.4. The third kappa shape index (κ3) is 3.02. The predicted octanol–water partition coefficient (Wildman–Crippen LogP) is 2.87. The van der Waals surface area contributed by atoms with Gasteiger partial charge in [-0.3, -0.25) is 4.79 Å². The molecule has 0 rings (SSSR count). The second-order valence-electron chi connectivity index (χ2n) is 4.47. The fraction of sp³-hybridized carbons (Fsp3) is 0.909. The summed E-state index contributed by atoms with van der Waals surface area (Å²) in [6.45, 7) is 12.6. The lowest BCUT2D eigenvalue weighted by Gasteiger charge is -2.31. The molecule has 2 nitrogen and oxygen atoms in total. The van der Waals surface area contributed by atoms with Crippen LogP contribution in [0.2, 0.25) is 0 Å². The second kappa shape index (κ2) is 4.64. The number of hydrogen-bond donors (Lipinski definition) is 0. The average Bonchev–Trinajstić information content (AvgIpc) is 2.03. The van der Waals surface area contributed by atoms with Crippen LogP contribution >= 0.6 is 0 Å². The fourth-order valence-corrected chi connectivity index (χ4v) is 1.34. The zero-order chi connectivity index (χ0) is 10.6. The van der Waals surface area contributed by atoms with Gasteiger partial charge < -0.3 is 4.74 Å². The van der Waals surface area contributed by atoms with Gasteiger partial charge in [-0.05, 0) is 32.6 Å². The molecule has 0 bridgehead atoms. The van der Waals surface area contributed by atoms with Crippen molar-refractivity contribution >= 4 is 5.97 Å². The van der Waals surface area contributed by atoms with Gasteiger partial charge in [0.25, 0.3) is 0 Å². The van der Waals surface area contributed by atoms with Crippen molar-refractivity contribution in [3.63, 3.8) is 0 Å². The minimum Gasteiger partial charge on any atom is -0.466 e. The van der Waals surface area contributed by atoms with Gasteiger partial charge in [-0.2, -0.15) is 0 Å². The first-order valence-electron chi connectivity index (χ1n) is 5.01. The van der Waals surface area contributed by atoms with E-state index < -0.39 is 0 Å². The Morgan fingerprint density at radius 2 is 1.77 bits per heavy atom. The summed E-state index contributed by atoms with van der Waals surface area (Å²) in [5.41, 5.74) is -0.371. The van der Waals surface area contributed by atoms with Gasteiger partial charge in [-0.1, -0.05) is 20.8 Å². The Morgan fingerprint density at radius 1 is 1.31 bits per heavy atom. The van der Waals surface area contributed by atoms with E-state index in [4.69, 9.17) is 4.74 Å². The molecule has 0 spiro atoms. The number of carbonyl (C=O) groups excluding carboxylic acids is 1. The third-order valence-electron chi connectivity index (χ3n) is 2.94. The first-order chi connectivity index (χ1) is 5.84. The highest BCUT2D eigenvalue weighted by molar-refractivity contribution is 5.76. The van der Waals surface area contributed by atoms with Gasteiger partial charge in [0.2, 0.25) is 0 Å². The topological polar surface area (TPSA) is 26.3 Å². The molecule has 13 heavy (non-hydrogen) atoms. The van der Waals surface area contributed by atoms with E-state index in [1.54, 1.807) is 0 Å². The van der Waals surface area contributed by atoms with Crippen molar-refractivity contribution in [2.45, 2.75) is 41.5 Å². The van der Waals surface area contributed by atoms with Crippen LogP contribution in [0.3, 0.4) is 0 Å². The summed E-state index contributed by atoms with van der Waals surface area (Å²) in [6.07, 6.45) is 0. The average molecular weight is 186 g/mol. The van der Waals surface area contributed by atoms with E-state index in [0.29, 0.717) is 18.4 Å². The first kappa shape index (κ1) is 12.5. The maximum absolute atomic E-state index is 11.6. The maximum atomic E-state index is 11.6. The molecular formula is C11H22O2. The second-order valence-corrected chi connectivity index (χ2v) is 4.47. The van der Waals surface area contributed by atoms with Gasteiger partial charge >= 0.3 is 5.97 Å². The Labute approximate surface area is 81.7 Å². The zero-order valence-corrected chi connectivity index (χ0v) is 9.68. The van der Waals surface area contributed by atoms with Crippen molar-refractivity contribution in [1.29, 1.82) is 0 Å². The van der Waals surface area contributed by atoms with Gasteiger partial charge in [0.15, 0.2) is 0 Å². The van der Waals surface area contributed by atoms with E-state index in [1.165, 1.54) is 0 Å². The molecule has 1 unspecified atom stereocenters. The highest BCUT2D eigenvalue weighted by Gasteiger charge is 2.36. The van der Waals surface area contributed by atoms with Crippen LogP contribution in [0, 0.1) is 17.3 Å². The summed E-state index contributed by atoms with van der Waals surface area (Å²) in [5, 5.41) is 0. The Bertz CT molecular complexity index is 171. The summed E-state index contributed by atoms with van der Waals surface area (Å²) in [6, 6.07) is 0. The third-order valence-corrected chi connectivity index (χ3v) is 2.94. The lowest BCUT2D eigenvalue weighted by Crippen LogP contribution is -2.35. The monoisotopic (exact) mass is 186 g/mol. The summed E-state index contributed by atoms with van der Waals surface area (Å²) in [5.74, 6) is 0.752. The molecule has 0 aromatic heterocycles. The summed E-state index contributed by atoms with van der Waals surface area (Å²) in [4.78, 5) is 11.6. The number of hydrogen-bond acceptors (Lipinski definition) is 2. The van der Waals surface area contributed by atoms with Crippen LogP contribution in [-0.4, -0.2) is 12.6 Å². The summed E-state index contributed by atoms with van der Waals surface area (Å²) >= 11 is 0. The van der Waals surface area contributed by atoms with Gasteiger partial charge in [-0.15, -0.1) is 0 Å². The minimum atomic E-state index is -0.371. The molecule has 2 heteroatoms. The van der Waals surface area contributed by atoms with Crippen molar-refractivity contribution in [1.82, 2.24) is 0 Å². The van der Waals surface area contributed by atoms with Gasteiger partial charge in [0.05, 0.1) is 12.0 Å². The molecule has 0 aliphatic heterocycles. The Kier molecular flexibility index (Phi) is 4.45. The molecule has 0 saturated heterocycles. The highest BCUT2D eigenvalue weighted by atomic mass is 16.5. The molecule has 0 aromatic carbocycles. The number of carbonyl (C=O) groups is 1. The zero-order valence-electron chi connectivity index (χ0n) is 9.68. The molecule has 0 heterocycles. The Morgan fingerprint density at radius 3 is 2.08 bits per heavy atom. The molecule has 0 fully saturated rings. The van der Waals surface area contributed by atoms with Gasteiger partial charge in [0.1, 0.15) is 0 Å². The van der Waals surface area contributed by atoms with Crippen LogP contribution in [0.4, 0.5) is 0 Å². The summed E-state index contributed by atoms with van der Waals surface area (Å²) < 4.78 is 5.04. The first-order valence-corrected chi connectivity index (χ1v) is 5.01. The van der Waals surface area contributed by atoms with E-state index in [2.05, 4.69) is 20.8 Å². The van der Waals surface area contributed by atoms with E-state index in [1.807, 2.05) is 20.8 Å². The van der Waals surface area contributed by atoms with E-state index in [9.17, 15) is 4.79 Å². The molecule has 1 atom stereocenters. The minimum absolute atomic E-state index is 0.0869. The Balaban J connectivity index is 4.45. The summed E-state index contributed by atoms with van der Waals surface area (Å²) in [7, 11) is 0. The molecule has 0 amide bonds. The van der Waals surface area contributed by atoms with Crippen LogP contribution in [-0.2, 0) is 9.53 Å². The Hall–Kier alpha value is -0.530. The van der Waals surface area contributed by atoms with E-state index >= 15 is 0 Å². The lowest BCUT2D eigenvalue weighted by atomic mass is 9.74. The van der Waals surface area contributed by atoms with Crippen molar-refractivity contribution in [2.24, 2.45) is 17.3 Å². The SMILES string of the molecule is CCOC(=O)C(C)(C)C(C)C(C)C. The molecule has 0 aliphatic carbocycles. The van der Waals surface area contributed by atoms with Crippen molar-refractivity contribution in [3.8, 4) is 0 Å². The van der Waals surface area contributed by atoms with Gasteiger partial charge in [0, 0.05) is 0 Å². The number of rotatable bonds is 4. The van der Waals surface area contributed by atoms with Crippen molar-refractivity contribution in [3.05, 3.63) is 0 Å². The smallest absolute Gasteiger partial charge is 0.311 e. The molecule has 0 radical (unpaired) electrons. The lowest BCUT2D eigenvalue weighted by molar-refractivity contribution is -0.157. The predicted molar refractivity (Wildman–Crippen MR) is 54.4 cm³/mol. The van der Waals surface area contributed by atoms with Crippen LogP contribution in [0.5, 0.6) is 0 Å². The van der Waals surface area contributed by atoms with Crippen LogP contribution in [0.15, 0.2) is 0 Å². The fourth-order valence-electron chi connectivity index (χ4n) is 1.34. The van der Waals surface area contributed by atoms with E-state index in [0.717, 1.165) is 0 Å². The van der Waals surface area contributed by atoms with Crippen LogP contribution in [0.1, 0.15) is 41.5 Å². The molecule has 0 saturated carbocycles. The number of esters is 1. The molecule has 78 valence electrons. The highest BCUT2D eigenvalue weighted by Crippen LogP contribution is 2.33. The standard InChI is InChI=1S/C11H22O2/c1-7-13-10(12)11(5,6)9(4)8(2)3/h8-9H,7H2,1-6H3. The van der Waals surface area contributed by atoms with Crippen LogP contribution < -0.4 is 0 Å². The molecule has 0 N–H and O–H groups in total. The molecule has 0 aliphatic rings. The maximum Gasteiger partial charge on any atom is 0.311 e. The van der Waals surface area contributed by atoms with Gasteiger partial charge in [-0.25, -0.2) is 0 Å². The van der Waals surface area contributed by atoms with Crippen molar-refractivity contribution in [2.75, 3.05) is 6.61 Å². The van der Waals surface area contributed by atoms with Crippen LogP contribution in [0.25, 0.3) is 0 Å². The van der Waals surface area contributed by atoms with Crippen molar-refractivity contribution < 1.29 is 9.53 Å². The number of ether oxygens (including phenoxy) is 1. The quantitative estimate of drug-likeness (QED) is 0.631. The molecular weight excluding hydrogens is 164 g/mol. The van der Waals surface area contributed by atoms with E-state index in [-0.39, 0.29) is 11.4 Å². The largest absolute Gasteiger partial charge is 0.466 e. The molecule has 0 aromatic rings.